The Morgan fingerprint density at radius 1 is 1.18 bits per heavy atom. The number of nitrogens with zero attached hydrogens (tertiary/aromatic N) is 2. The third-order valence-corrected chi connectivity index (χ3v) is 3.94. The second-order valence-corrected chi connectivity index (χ2v) is 5.50. The van der Waals surface area contributed by atoms with E-state index in [1.807, 2.05) is 19.1 Å². The molecule has 1 heterocycles. The number of carbonyl (C=O) groups excluding carboxylic acids is 1. The molecule has 0 atom stereocenters. The second kappa shape index (κ2) is 5.60. The molecular weight excluding hydrogens is 280 g/mol. The first kappa shape index (κ1) is 14.3. The number of hydrogen-bond acceptors (Lipinski definition) is 3. The molecule has 0 N–H and O–H groups in total. The summed E-state index contributed by atoms with van der Waals surface area (Å²) >= 11 is 0. The Kier molecular flexibility index (Phi) is 3.63. The number of rotatable bonds is 2. The fourth-order valence-electron chi connectivity index (χ4n) is 2.74. The minimum Gasteiger partial charge on any atom is -0.308 e. The Morgan fingerprint density at radius 2 is 1.91 bits per heavy atom. The van der Waals surface area contributed by atoms with Crippen LogP contribution in [0.5, 0.6) is 0 Å². The maximum absolute atomic E-state index is 12.7. The summed E-state index contributed by atoms with van der Waals surface area (Å²) in [6.07, 6.45) is 1.70. The lowest BCUT2D eigenvalue weighted by atomic mass is 10.00. The highest BCUT2D eigenvalue weighted by Crippen LogP contribution is 2.31. The molecule has 2 aromatic carbocycles. The monoisotopic (exact) mass is 296 g/mol. The van der Waals surface area contributed by atoms with Crippen LogP contribution in [0.1, 0.15) is 27.9 Å². The van der Waals surface area contributed by atoms with Gasteiger partial charge in [0.25, 0.3) is 11.6 Å². The van der Waals surface area contributed by atoms with Gasteiger partial charge in [-0.3, -0.25) is 14.9 Å². The molecule has 0 fully saturated rings. The lowest BCUT2D eigenvalue weighted by Gasteiger charge is -2.29. The molecule has 0 spiro atoms. The van der Waals surface area contributed by atoms with E-state index in [1.165, 1.54) is 12.1 Å². The van der Waals surface area contributed by atoms with Crippen LogP contribution in [0.2, 0.25) is 0 Å². The number of carbonyl (C=O) groups is 1. The molecule has 0 saturated heterocycles. The summed E-state index contributed by atoms with van der Waals surface area (Å²) in [7, 11) is 0. The number of aryl methyl sites for hydroxylation is 2. The zero-order chi connectivity index (χ0) is 15.7. The minimum absolute atomic E-state index is 0.0161. The van der Waals surface area contributed by atoms with Crippen molar-refractivity contribution in [1.82, 2.24) is 0 Å². The molecule has 0 aromatic heterocycles. The molecule has 3 rings (SSSR count). The van der Waals surface area contributed by atoms with Crippen LogP contribution in [-0.2, 0) is 6.42 Å². The fourth-order valence-corrected chi connectivity index (χ4v) is 2.74. The van der Waals surface area contributed by atoms with Crippen LogP contribution in [0.3, 0.4) is 0 Å². The number of anilines is 1. The number of fused-ring (bicyclic) bond motifs is 1. The maximum Gasteiger partial charge on any atom is 0.271 e. The molecular formula is C17H16N2O3. The predicted molar refractivity (Wildman–Crippen MR) is 84.3 cm³/mol. The number of amides is 1. The van der Waals surface area contributed by atoms with Crippen molar-refractivity contribution in [1.29, 1.82) is 0 Å². The van der Waals surface area contributed by atoms with Gasteiger partial charge in [-0.2, -0.15) is 0 Å². The predicted octanol–water partition coefficient (Wildman–Crippen LogP) is 3.50. The molecule has 22 heavy (non-hydrogen) atoms. The van der Waals surface area contributed by atoms with E-state index in [9.17, 15) is 14.9 Å². The summed E-state index contributed by atoms with van der Waals surface area (Å²) in [5.41, 5.74) is 3.35. The van der Waals surface area contributed by atoms with Gasteiger partial charge in [-0.05, 0) is 37.5 Å². The lowest BCUT2D eigenvalue weighted by molar-refractivity contribution is -0.384. The van der Waals surface area contributed by atoms with Crippen molar-refractivity contribution < 1.29 is 9.72 Å². The van der Waals surface area contributed by atoms with Gasteiger partial charge < -0.3 is 4.90 Å². The molecule has 2 aromatic rings. The van der Waals surface area contributed by atoms with E-state index in [0.29, 0.717) is 17.8 Å². The third-order valence-electron chi connectivity index (χ3n) is 3.94. The van der Waals surface area contributed by atoms with Crippen LogP contribution in [0.15, 0.2) is 42.5 Å². The molecule has 112 valence electrons. The number of hydrogen-bond donors (Lipinski definition) is 0. The molecule has 5 heteroatoms. The number of nitro benzene ring substituents is 1. The van der Waals surface area contributed by atoms with Gasteiger partial charge in [-0.25, -0.2) is 0 Å². The van der Waals surface area contributed by atoms with E-state index >= 15 is 0 Å². The normalized spacial score (nSPS) is 13.6. The van der Waals surface area contributed by atoms with Crippen molar-refractivity contribution >= 4 is 17.3 Å². The van der Waals surface area contributed by atoms with Gasteiger partial charge in [0.15, 0.2) is 0 Å². The van der Waals surface area contributed by atoms with E-state index in [-0.39, 0.29) is 11.6 Å². The van der Waals surface area contributed by atoms with Crippen molar-refractivity contribution in [3.63, 3.8) is 0 Å². The van der Waals surface area contributed by atoms with Crippen LogP contribution >= 0.6 is 0 Å². The topological polar surface area (TPSA) is 63.5 Å². The largest absolute Gasteiger partial charge is 0.308 e. The molecule has 1 amide bonds. The molecule has 1 aliphatic heterocycles. The SMILES string of the molecule is Cc1ccc(C(=O)N2CCCc3ccc([N+](=O)[O-])cc32)cc1. The van der Waals surface area contributed by atoms with Gasteiger partial charge in [-0.15, -0.1) is 0 Å². The van der Waals surface area contributed by atoms with Gasteiger partial charge >= 0.3 is 0 Å². The highest BCUT2D eigenvalue weighted by Gasteiger charge is 2.25. The summed E-state index contributed by atoms with van der Waals surface area (Å²) in [4.78, 5) is 24.9. The molecule has 0 saturated carbocycles. The van der Waals surface area contributed by atoms with Gasteiger partial charge in [0.1, 0.15) is 0 Å². The maximum atomic E-state index is 12.7. The summed E-state index contributed by atoms with van der Waals surface area (Å²) in [5.74, 6) is -0.110. The standard InChI is InChI=1S/C17H16N2O3/c1-12-4-6-14(7-5-12)17(20)18-10-2-3-13-8-9-15(19(21)22)11-16(13)18/h4-9,11H,2-3,10H2,1H3. The first-order chi connectivity index (χ1) is 10.6. The van der Waals surface area contributed by atoms with Gasteiger partial charge in [0.05, 0.1) is 10.6 Å². The van der Waals surface area contributed by atoms with Crippen LogP contribution in [0, 0.1) is 17.0 Å². The van der Waals surface area contributed by atoms with Crippen LogP contribution < -0.4 is 4.90 Å². The van der Waals surface area contributed by atoms with Gasteiger partial charge in [0.2, 0.25) is 0 Å². The molecule has 0 bridgehead atoms. The van der Waals surface area contributed by atoms with E-state index < -0.39 is 4.92 Å². The van der Waals surface area contributed by atoms with E-state index in [2.05, 4.69) is 0 Å². The average Bonchev–Trinajstić information content (AvgIpc) is 2.53. The Labute approximate surface area is 128 Å². The first-order valence-electron chi connectivity index (χ1n) is 7.22. The fraction of sp³-hybridized carbons (Fsp3) is 0.235. The summed E-state index contributed by atoms with van der Waals surface area (Å²) < 4.78 is 0. The van der Waals surface area contributed by atoms with Crippen molar-refractivity contribution in [3.8, 4) is 0 Å². The lowest BCUT2D eigenvalue weighted by Crippen LogP contribution is -2.35. The average molecular weight is 296 g/mol. The van der Waals surface area contributed by atoms with Gasteiger partial charge in [-0.1, -0.05) is 23.8 Å². The van der Waals surface area contributed by atoms with Crippen LogP contribution in [0.25, 0.3) is 0 Å². The van der Waals surface area contributed by atoms with Crippen molar-refractivity contribution in [2.75, 3.05) is 11.4 Å². The molecule has 0 radical (unpaired) electrons. The smallest absolute Gasteiger partial charge is 0.271 e. The Morgan fingerprint density at radius 3 is 2.59 bits per heavy atom. The number of non-ortho nitro benzene ring substituents is 1. The molecule has 0 unspecified atom stereocenters. The zero-order valence-corrected chi connectivity index (χ0v) is 12.3. The summed E-state index contributed by atoms with van der Waals surface area (Å²) in [6.45, 7) is 2.55. The number of benzene rings is 2. The van der Waals surface area contributed by atoms with Crippen molar-refractivity contribution in [2.45, 2.75) is 19.8 Å². The Bertz CT molecular complexity index is 738. The van der Waals surface area contributed by atoms with Crippen molar-refractivity contribution in [3.05, 3.63) is 69.3 Å². The van der Waals surface area contributed by atoms with E-state index in [4.69, 9.17) is 0 Å². The third kappa shape index (κ3) is 2.57. The Balaban J connectivity index is 1.99. The van der Waals surface area contributed by atoms with Crippen molar-refractivity contribution in [2.24, 2.45) is 0 Å². The molecule has 1 aliphatic rings. The molecule has 5 nitrogen and oxygen atoms in total. The van der Waals surface area contributed by atoms with Gasteiger partial charge in [0, 0.05) is 24.2 Å². The summed E-state index contributed by atoms with van der Waals surface area (Å²) in [5, 5.41) is 11.0. The highest BCUT2D eigenvalue weighted by molar-refractivity contribution is 6.06. The minimum atomic E-state index is -0.427. The van der Waals surface area contributed by atoms with E-state index in [0.717, 1.165) is 24.0 Å². The summed E-state index contributed by atoms with van der Waals surface area (Å²) in [6, 6.07) is 12.1. The number of nitro groups is 1. The highest BCUT2D eigenvalue weighted by atomic mass is 16.6. The van der Waals surface area contributed by atoms with E-state index in [1.54, 1.807) is 23.1 Å². The van der Waals surface area contributed by atoms with Crippen LogP contribution in [0.4, 0.5) is 11.4 Å². The second-order valence-electron chi connectivity index (χ2n) is 5.50. The molecule has 0 aliphatic carbocycles. The van der Waals surface area contributed by atoms with Crippen LogP contribution in [-0.4, -0.2) is 17.4 Å². The quantitative estimate of drug-likeness (QED) is 0.629. The Hall–Kier alpha value is -2.69. The zero-order valence-electron chi connectivity index (χ0n) is 12.3. The first-order valence-corrected chi connectivity index (χ1v) is 7.22.